The van der Waals surface area contributed by atoms with Gasteiger partial charge in [-0.3, -0.25) is 4.79 Å². The second-order valence-corrected chi connectivity index (χ2v) is 19.4. The van der Waals surface area contributed by atoms with Crippen LogP contribution in [-0.2, 0) is 14.3 Å². The number of hydrogen-bond acceptors (Lipinski definition) is 8. The molecule has 1 rings (SSSR count). The van der Waals surface area contributed by atoms with Crippen molar-refractivity contribution in [3.05, 3.63) is 60.8 Å². The van der Waals surface area contributed by atoms with Gasteiger partial charge in [-0.2, -0.15) is 0 Å². The summed E-state index contributed by atoms with van der Waals surface area (Å²) in [4.78, 5) is 13.0. The molecule has 9 heteroatoms. The van der Waals surface area contributed by atoms with Crippen molar-refractivity contribution in [2.45, 2.75) is 288 Å². The lowest BCUT2D eigenvalue weighted by molar-refractivity contribution is -0.302. The van der Waals surface area contributed by atoms with Gasteiger partial charge in [-0.25, -0.2) is 0 Å². The Morgan fingerprint density at radius 3 is 1.34 bits per heavy atom. The van der Waals surface area contributed by atoms with E-state index in [4.69, 9.17) is 9.47 Å². The molecule has 0 spiro atoms. The van der Waals surface area contributed by atoms with E-state index in [9.17, 15) is 30.3 Å². The van der Waals surface area contributed by atoms with E-state index in [2.05, 4.69) is 67.8 Å². The first kappa shape index (κ1) is 62.9. The molecule has 0 aromatic carbocycles. The van der Waals surface area contributed by atoms with Crippen LogP contribution in [0.25, 0.3) is 0 Å². The number of hydrogen-bond donors (Lipinski definition) is 6. The van der Waals surface area contributed by atoms with E-state index in [-0.39, 0.29) is 12.5 Å². The molecule has 0 aromatic heterocycles. The number of nitrogens with one attached hydrogen (secondary N) is 1. The van der Waals surface area contributed by atoms with Gasteiger partial charge in [0.15, 0.2) is 6.29 Å². The minimum atomic E-state index is -1.58. The summed E-state index contributed by atoms with van der Waals surface area (Å²) in [6.07, 6.45) is 57.2. The lowest BCUT2D eigenvalue weighted by atomic mass is 9.99. The fourth-order valence-electron chi connectivity index (χ4n) is 8.57. The molecule has 0 aliphatic carbocycles. The van der Waals surface area contributed by atoms with Crippen molar-refractivity contribution < 1.29 is 39.8 Å². The van der Waals surface area contributed by atoms with Crippen LogP contribution in [0.4, 0.5) is 0 Å². The van der Waals surface area contributed by atoms with Crippen LogP contribution in [-0.4, -0.2) is 87.5 Å². The first-order valence-corrected chi connectivity index (χ1v) is 28.0. The van der Waals surface area contributed by atoms with Gasteiger partial charge in [-0.1, -0.05) is 222 Å². The van der Waals surface area contributed by atoms with Crippen molar-refractivity contribution in [2.24, 2.45) is 0 Å². The van der Waals surface area contributed by atoms with Gasteiger partial charge in [-0.15, -0.1) is 0 Å². The van der Waals surface area contributed by atoms with Gasteiger partial charge in [0.2, 0.25) is 5.91 Å². The van der Waals surface area contributed by atoms with Crippen LogP contribution in [0.15, 0.2) is 60.8 Å². The van der Waals surface area contributed by atoms with E-state index >= 15 is 0 Å². The Balaban J connectivity index is 2.21. The van der Waals surface area contributed by atoms with Gasteiger partial charge in [0, 0.05) is 6.42 Å². The van der Waals surface area contributed by atoms with Crippen LogP contribution in [0.2, 0.25) is 0 Å². The number of carbonyl (C=O) groups excluding carboxylic acids is 1. The maximum Gasteiger partial charge on any atom is 0.220 e. The number of rotatable bonds is 47. The average Bonchev–Trinajstić information content (AvgIpc) is 3.33. The van der Waals surface area contributed by atoms with E-state index in [0.717, 1.165) is 57.8 Å². The summed E-state index contributed by atoms with van der Waals surface area (Å²) in [6.45, 7) is 3.74. The van der Waals surface area contributed by atoms with Crippen LogP contribution in [0, 0.1) is 0 Å². The first-order chi connectivity index (χ1) is 32.8. The molecule has 67 heavy (non-hydrogen) atoms. The van der Waals surface area contributed by atoms with Crippen molar-refractivity contribution in [3.63, 3.8) is 0 Å². The summed E-state index contributed by atoms with van der Waals surface area (Å²) >= 11 is 0. The van der Waals surface area contributed by atoms with Gasteiger partial charge in [0.1, 0.15) is 24.4 Å². The highest BCUT2D eigenvalue weighted by Crippen LogP contribution is 2.23. The summed E-state index contributed by atoms with van der Waals surface area (Å²) in [5, 5.41) is 54.4. The molecule has 7 atom stereocenters. The quantitative estimate of drug-likeness (QED) is 0.0261. The molecule has 7 unspecified atom stereocenters. The van der Waals surface area contributed by atoms with Gasteiger partial charge in [0.05, 0.1) is 25.4 Å². The number of ether oxygens (including phenoxy) is 2. The number of allylic oxidation sites excluding steroid dienone is 9. The molecule has 1 saturated heterocycles. The Morgan fingerprint density at radius 2 is 0.896 bits per heavy atom. The van der Waals surface area contributed by atoms with E-state index < -0.39 is 49.5 Å². The third-order valence-electron chi connectivity index (χ3n) is 13.0. The molecule has 1 fully saturated rings. The van der Waals surface area contributed by atoms with Crippen molar-refractivity contribution in [3.8, 4) is 0 Å². The van der Waals surface area contributed by atoms with E-state index in [1.54, 1.807) is 6.08 Å². The molecular formula is C58H105NO8. The Labute approximate surface area is 411 Å². The summed E-state index contributed by atoms with van der Waals surface area (Å²) in [5.41, 5.74) is 0. The number of unbranched alkanes of at least 4 members (excludes halogenated alkanes) is 29. The summed E-state index contributed by atoms with van der Waals surface area (Å²) in [5.74, 6) is -0.192. The fraction of sp³-hybridized carbons (Fsp3) is 0.810. The minimum Gasteiger partial charge on any atom is -0.394 e. The Kier molecular flexibility index (Phi) is 44.7. The van der Waals surface area contributed by atoms with E-state index in [1.807, 2.05) is 6.08 Å². The van der Waals surface area contributed by atoms with Crippen LogP contribution in [0.3, 0.4) is 0 Å². The lowest BCUT2D eigenvalue weighted by Gasteiger charge is -2.40. The zero-order chi connectivity index (χ0) is 48.7. The van der Waals surface area contributed by atoms with Gasteiger partial charge in [-0.05, 0) is 77.0 Å². The summed E-state index contributed by atoms with van der Waals surface area (Å²) in [6, 6.07) is -0.830. The highest BCUT2D eigenvalue weighted by Gasteiger charge is 2.44. The SMILES string of the molecule is CCCCCCC/C=C/CC/C=C/CC/C=C/C(O)C(COC1OC(CO)C(O)C(O)C1O)NC(=O)CCCCCCCCCCCCCCC/C=C\C/C=C\CCCCCCCCCCC. The summed E-state index contributed by atoms with van der Waals surface area (Å²) in [7, 11) is 0. The normalized spacial score (nSPS) is 20.1. The number of aliphatic hydroxyl groups excluding tert-OH is 5. The van der Waals surface area contributed by atoms with Crippen molar-refractivity contribution in [2.75, 3.05) is 13.2 Å². The van der Waals surface area contributed by atoms with Crippen molar-refractivity contribution in [1.82, 2.24) is 5.32 Å². The molecule has 1 aliphatic rings. The number of amides is 1. The van der Waals surface area contributed by atoms with Crippen molar-refractivity contribution >= 4 is 5.91 Å². The maximum atomic E-state index is 13.0. The highest BCUT2D eigenvalue weighted by molar-refractivity contribution is 5.76. The van der Waals surface area contributed by atoms with Gasteiger partial charge < -0.3 is 40.3 Å². The largest absolute Gasteiger partial charge is 0.394 e. The maximum absolute atomic E-state index is 13.0. The number of aliphatic hydroxyl groups is 5. The molecule has 1 heterocycles. The smallest absolute Gasteiger partial charge is 0.220 e. The average molecular weight is 944 g/mol. The topological polar surface area (TPSA) is 149 Å². The second kappa shape index (κ2) is 47.6. The Bertz CT molecular complexity index is 1230. The molecular weight excluding hydrogens is 839 g/mol. The molecule has 6 N–H and O–H groups in total. The molecule has 390 valence electrons. The summed E-state index contributed by atoms with van der Waals surface area (Å²) < 4.78 is 11.2. The predicted octanol–water partition coefficient (Wildman–Crippen LogP) is 13.5. The van der Waals surface area contributed by atoms with Crippen LogP contribution in [0.5, 0.6) is 0 Å². The van der Waals surface area contributed by atoms with Crippen LogP contribution >= 0.6 is 0 Å². The molecule has 0 radical (unpaired) electrons. The Hall–Kier alpha value is -2.11. The van der Waals surface area contributed by atoms with Crippen LogP contribution in [0.1, 0.15) is 245 Å². The molecule has 0 saturated carbocycles. The predicted molar refractivity (Wildman–Crippen MR) is 281 cm³/mol. The van der Waals surface area contributed by atoms with Crippen molar-refractivity contribution in [1.29, 1.82) is 0 Å². The van der Waals surface area contributed by atoms with E-state index in [0.29, 0.717) is 6.42 Å². The van der Waals surface area contributed by atoms with Gasteiger partial charge >= 0.3 is 0 Å². The standard InChI is InChI=1S/C58H105NO8/c1-3-5-7-9-11-13-15-17-19-20-21-22-23-24-25-26-27-28-29-30-31-32-34-36-38-40-42-44-46-48-54(62)59-51(50-66-58-57(65)56(64)55(63)53(49-60)67-58)52(61)47-45-43-41-39-37-35-33-18-16-14-12-10-8-6-4-2/h16,18,21-22,24-25,37,39,45,47,51-53,55-58,60-61,63-65H,3-15,17,19-20,23,26-36,38,40-44,46,48-50H2,1-2H3,(H,59,62)/b18-16+,22-21-,25-24-,39-37+,47-45+. The van der Waals surface area contributed by atoms with E-state index in [1.165, 1.54) is 167 Å². The monoisotopic (exact) mass is 944 g/mol. The molecule has 0 aromatic rings. The third kappa shape index (κ3) is 37.4. The fourth-order valence-corrected chi connectivity index (χ4v) is 8.57. The van der Waals surface area contributed by atoms with Gasteiger partial charge in [0.25, 0.3) is 0 Å². The molecule has 1 amide bonds. The van der Waals surface area contributed by atoms with Crippen LogP contribution < -0.4 is 5.32 Å². The third-order valence-corrected chi connectivity index (χ3v) is 13.0. The lowest BCUT2D eigenvalue weighted by Crippen LogP contribution is -2.60. The first-order valence-electron chi connectivity index (χ1n) is 28.0. The number of carbonyl (C=O) groups is 1. The molecule has 9 nitrogen and oxygen atoms in total. The zero-order valence-corrected chi connectivity index (χ0v) is 43.1. The highest BCUT2D eigenvalue weighted by atomic mass is 16.7. The second-order valence-electron chi connectivity index (χ2n) is 19.4. The molecule has 0 bridgehead atoms. The zero-order valence-electron chi connectivity index (χ0n) is 43.1. The molecule has 1 aliphatic heterocycles. The minimum absolute atomic E-state index is 0.192. The Morgan fingerprint density at radius 1 is 0.507 bits per heavy atom.